The summed E-state index contributed by atoms with van der Waals surface area (Å²) in [7, 11) is -4.21. The van der Waals surface area contributed by atoms with E-state index in [-0.39, 0.29) is 51.7 Å². The largest absolute Gasteiger partial charge is 1.00 e. The van der Waals surface area contributed by atoms with Crippen LogP contribution >= 0.6 is 0 Å². The molecule has 6 nitrogen and oxygen atoms in total. The van der Waals surface area contributed by atoms with Crippen LogP contribution in [-0.4, -0.2) is 66.7 Å². The van der Waals surface area contributed by atoms with Crippen LogP contribution < -0.4 is 18.9 Å². The van der Waals surface area contributed by atoms with Crippen LogP contribution in [0.25, 0.3) is 0 Å². The van der Waals surface area contributed by atoms with Gasteiger partial charge >= 0.3 is 18.9 Å². The molecule has 80 valence electrons. The molecule has 0 saturated carbocycles. The Morgan fingerprint density at radius 1 is 1.07 bits per heavy atom. The molecular weight excluding hydrogens is 205 g/mol. The molecule has 0 amide bonds. The summed E-state index contributed by atoms with van der Waals surface area (Å²) in [5.41, 5.74) is 0. The molecule has 0 aliphatic carbocycles. The van der Waals surface area contributed by atoms with Gasteiger partial charge in [0, 0.05) is 19.6 Å². The molecule has 0 aromatic rings. The van der Waals surface area contributed by atoms with E-state index in [2.05, 4.69) is 0 Å². The van der Waals surface area contributed by atoms with E-state index in [0.29, 0.717) is 0 Å². The van der Waals surface area contributed by atoms with E-state index in [1.54, 1.807) is 0 Å². The molecule has 0 aliphatic rings. The zero-order chi connectivity index (χ0) is 10.3. The summed E-state index contributed by atoms with van der Waals surface area (Å²) >= 11 is 0. The molecule has 0 atom stereocenters. The zero-order valence-electron chi connectivity index (χ0n) is 8.22. The molecule has 0 bridgehead atoms. The van der Waals surface area contributed by atoms with E-state index in [4.69, 9.17) is 10.2 Å². The van der Waals surface area contributed by atoms with E-state index >= 15 is 0 Å². The summed E-state index contributed by atoms with van der Waals surface area (Å²) in [6, 6.07) is 0. The molecule has 14 heavy (non-hydrogen) atoms. The number of rotatable bonds is 7. The van der Waals surface area contributed by atoms with Crippen LogP contribution in [0.5, 0.6) is 0 Å². The van der Waals surface area contributed by atoms with Gasteiger partial charge in [0.2, 0.25) is 0 Å². The first-order valence-corrected chi connectivity index (χ1v) is 5.45. The van der Waals surface area contributed by atoms with Crippen molar-refractivity contribution in [3.63, 3.8) is 0 Å². The molecule has 0 heterocycles. The van der Waals surface area contributed by atoms with Crippen molar-refractivity contribution in [2.45, 2.75) is 0 Å². The van der Waals surface area contributed by atoms with Gasteiger partial charge in [-0.2, -0.15) is 0 Å². The van der Waals surface area contributed by atoms with Crippen molar-refractivity contribution in [2.24, 2.45) is 0 Å². The second-order valence-electron chi connectivity index (χ2n) is 2.55. The summed E-state index contributed by atoms with van der Waals surface area (Å²) < 4.78 is 30.7. The summed E-state index contributed by atoms with van der Waals surface area (Å²) in [5, 5.41) is 17.1. The second kappa shape index (κ2) is 8.68. The second-order valence-corrected chi connectivity index (χ2v) is 4.07. The smallest absolute Gasteiger partial charge is 0.748 e. The van der Waals surface area contributed by atoms with Crippen molar-refractivity contribution in [3.8, 4) is 0 Å². The topological polar surface area (TPSA) is 101 Å². The van der Waals surface area contributed by atoms with Gasteiger partial charge in [-0.1, -0.05) is 0 Å². The third-order valence-corrected chi connectivity index (χ3v) is 2.17. The monoisotopic (exact) mass is 219 g/mol. The van der Waals surface area contributed by atoms with Gasteiger partial charge in [-0.15, -0.1) is 0 Å². The Morgan fingerprint density at radius 2 is 1.50 bits per heavy atom. The predicted octanol–water partition coefficient (Wildman–Crippen LogP) is -5.18. The van der Waals surface area contributed by atoms with Crippen molar-refractivity contribution in [1.29, 1.82) is 0 Å². The van der Waals surface area contributed by atoms with Gasteiger partial charge in [0.05, 0.1) is 29.1 Å². The van der Waals surface area contributed by atoms with Crippen LogP contribution in [-0.2, 0) is 10.1 Å². The quantitative estimate of drug-likeness (QED) is 0.328. The predicted molar refractivity (Wildman–Crippen MR) is 45.2 cm³/mol. The summed E-state index contributed by atoms with van der Waals surface area (Å²) in [6.45, 7) is 0.316. The van der Waals surface area contributed by atoms with Gasteiger partial charge in [-0.25, -0.2) is 8.42 Å². The maximum absolute atomic E-state index is 10.2. The molecule has 0 aromatic carbocycles. The minimum atomic E-state index is -4.21. The molecule has 0 unspecified atom stereocenters. The minimum Gasteiger partial charge on any atom is -0.748 e. The van der Waals surface area contributed by atoms with Gasteiger partial charge < -0.3 is 14.8 Å². The maximum Gasteiger partial charge on any atom is 1.00 e. The first-order valence-electron chi connectivity index (χ1n) is 3.87. The van der Waals surface area contributed by atoms with Crippen molar-refractivity contribution in [2.75, 3.05) is 38.6 Å². The molecular formula is C6H14LiNO5S. The third-order valence-electron chi connectivity index (χ3n) is 1.49. The summed E-state index contributed by atoms with van der Waals surface area (Å²) in [6.07, 6.45) is 0. The fourth-order valence-corrected chi connectivity index (χ4v) is 1.34. The van der Waals surface area contributed by atoms with E-state index in [1.807, 2.05) is 0 Å². The van der Waals surface area contributed by atoms with E-state index in [9.17, 15) is 13.0 Å². The average molecular weight is 219 g/mol. The Labute approximate surface area is 95.8 Å². The molecule has 0 aliphatic heterocycles. The van der Waals surface area contributed by atoms with Crippen LogP contribution in [0.1, 0.15) is 0 Å². The standard InChI is InChI=1S/C6H15NO5S.Li/c8-4-1-7(2-5-9)3-6-13(10,11)12;/h8-9H,1-6H2,(H,10,11,12);/q;+1/p-1. The van der Waals surface area contributed by atoms with E-state index in [1.165, 1.54) is 4.90 Å². The minimum absolute atomic E-state index is 0. The molecule has 0 aromatic heterocycles. The first kappa shape index (κ1) is 16.8. The van der Waals surface area contributed by atoms with Crippen molar-refractivity contribution < 1.29 is 42.0 Å². The van der Waals surface area contributed by atoms with Gasteiger partial charge in [-0.3, -0.25) is 4.90 Å². The number of aliphatic hydroxyl groups excluding tert-OH is 2. The van der Waals surface area contributed by atoms with Crippen LogP contribution in [0.15, 0.2) is 0 Å². The number of hydrogen-bond acceptors (Lipinski definition) is 6. The average Bonchev–Trinajstić information content (AvgIpc) is 2.00. The van der Waals surface area contributed by atoms with Crippen LogP contribution in [0.4, 0.5) is 0 Å². The van der Waals surface area contributed by atoms with Crippen molar-refractivity contribution >= 4 is 10.1 Å². The molecule has 2 N–H and O–H groups in total. The molecule has 8 heteroatoms. The SMILES string of the molecule is O=S(=O)([O-])CCN(CCO)CCO.[Li+]. The van der Waals surface area contributed by atoms with E-state index in [0.717, 1.165) is 0 Å². The van der Waals surface area contributed by atoms with Gasteiger partial charge in [0.25, 0.3) is 0 Å². The molecule has 0 rings (SSSR count). The molecule has 0 fully saturated rings. The van der Waals surface area contributed by atoms with Gasteiger partial charge in [-0.05, 0) is 0 Å². The van der Waals surface area contributed by atoms with Crippen molar-refractivity contribution in [1.82, 2.24) is 4.90 Å². The number of aliphatic hydroxyl groups is 2. The Hall–Kier alpha value is 0.387. The third kappa shape index (κ3) is 10.5. The molecule has 0 saturated heterocycles. The Balaban J connectivity index is 0. The Morgan fingerprint density at radius 3 is 1.79 bits per heavy atom. The zero-order valence-corrected chi connectivity index (χ0v) is 9.03. The first-order chi connectivity index (χ1) is 5.99. The van der Waals surface area contributed by atoms with Crippen LogP contribution in [0, 0.1) is 0 Å². The van der Waals surface area contributed by atoms with Gasteiger partial charge in [0.15, 0.2) is 0 Å². The Kier molecular flexibility index (Phi) is 10.4. The number of hydrogen-bond donors (Lipinski definition) is 2. The van der Waals surface area contributed by atoms with Gasteiger partial charge in [0.1, 0.15) is 0 Å². The summed E-state index contributed by atoms with van der Waals surface area (Å²) in [4.78, 5) is 1.51. The van der Waals surface area contributed by atoms with E-state index < -0.39 is 15.9 Å². The summed E-state index contributed by atoms with van der Waals surface area (Å²) in [5.74, 6) is -0.493. The van der Waals surface area contributed by atoms with Crippen LogP contribution in [0.2, 0.25) is 0 Å². The Bertz CT molecular complexity index is 214. The fraction of sp³-hybridized carbons (Fsp3) is 1.00. The van der Waals surface area contributed by atoms with Crippen molar-refractivity contribution in [3.05, 3.63) is 0 Å². The molecule has 0 spiro atoms. The maximum atomic E-state index is 10.2. The fourth-order valence-electron chi connectivity index (χ4n) is 0.859. The van der Waals surface area contributed by atoms with Crippen LogP contribution in [0.3, 0.4) is 0 Å². The number of nitrogens with zero attached hydrogens (tertiary/aromatic N) is 1. The normalized spacial score (nSPS) is 11.4. The molecule has 0 radical (unpaired) electrons.